The van der Waals surface area contributed by atoms with Crippen molar-refractivity contribution < 1.29 is 9.59 Å². The van der Waals surface area contributed by atoms with E-state index in [1.165, 1.54) is 0 Å². The van der Waals surface area contributed by atoms with Gasteiger partial charge in [-0.1, -0.05) is 23.7 Å². The van der Waals surface area contributed by atoms with Crippen molar-refractivity contribution >= 4 is 40.1 Å². The van der Waals surface area contributed by atoms with Gasteiger partial charge in [-0.2, -0.15) is 0 Å². The summed E-state index contributed by atoms with van der Waals surface area (Å²) in [6.07, 6.45) is 0.218. The van der Waals surface area contributed by atoms with E-state index in [0.29, 0.717) is 18.1 Å². The van der Waals surface area contributed by atoms with Gasteiger partial charge in [0.05, 0.1) is 23.5 Å². The van der Waals surface area contributed by atoms with Gasteiger partial charge in [0.1, 0.15) is 5.82 Å². The Balaban J connectivity index is 1.49. The highest BCUT2D eigenvalue weighted by Crippen LogP contribution is 2.27. The molecule has 29 heavy (non-hydrogen) atoms. The third-order valence-corrected chi connectivity index (χ3v) is 5.67. The van der Waals surface area contributed by atoms with Gasteiger partial charge in [0, 0.05) is 37.3 Å². The van der Waals surface area contributed by atoms with Gasteiger partial charge < -0.3 is 14.4 Å². The van der Waals surface area contributed by atoms with E-state index in [1.807, 2.05) is 24.3 Å². The summed E-state index contributed by atoms with van der Waals surface area (Å²) in [5, 5.41) is 0.617. The second-order valence-electron chi connectivity index (χ2n) is 7.34. The molecule has 0 N–H and O–H groups in total. The molecule has 150 valence electrons. The van der Waals surface area contributed by atoms with E-state index in [4.69, 9.17) is 16.6 Å². The minimum Gasteiger partial charge on any atom is -0.338 e. The third-order valence-electron chi connectivity index (χ3n) is 5.42. The van der Waals surface area contributed by atoms with Gasteiger partial charge in [-0.05, 0) is 43.3 Å². The normalized spacial score (nSPS) is 16.6. The molecule has 6 nitrogen and oxygen atoms in total. The van der Waals surface area contributed by atoms with Crippen molar-refractivity contribution in [3.63, 3.8) is 0 Å². The van der Waals surface area contributed by atoms with Crippen LogP contribution in [0.3, 0.4) is 0 Å². The van der Waals surface area contributed by atoms with Crippen LogP contribution in [-0.4, -0.2) is 39.9 Å². The molecule has 0 bridgehead atoms. The van der Waals surface area contributed by atoms with Crippen LogP contribution in [0.1, 0.15) is 19.2 Å². The van der Waals surface area contributed by atoms with Crippen molar-refractivity contribution in [1.82, 2.24) is 14.5 Å². The minimum atomic E-state index is -0.359. The molecule has 0 spiro atoms. The number of hydrogen-bond donors (Lipinski definition) is 0. The SMILES string of the molecule is CCn1c(CN(C)C(=O)C2CC(=O)N(c3ccc(Cl)cc3)C2)nc2ccccc21. The summed E-state index contributed by atoms with van der Waals surface area (Å²) in [5.41, 5.74) is 2.76. The summed E-state index contributed by atoms with van der Waals surface area (Å²) in [6.45, 7) is 3.64. The van der Waals surface area contributed by atoms with Crippen LogP contribution in [0, 0.1) is 5.92 Å². The summed E-state index contributed by atoms with van der Waals surface area (Å²) < 4.78 is 2.12. The Hall–Kier alpha value is -2.86. The number of carbonyl (C=O) groups excluding carboxylic acids is 2. The van der Waals surface area contributed by atoms with Gasteiger partial charge in [-0.25, -0.2) is 4.98 Å². The zero-order chi connectivity index (χ0) is 20.5. The Morgan fingerprint density at radius 2 is 1.93 bits per heavy atom. The number of fused-ring (bicyclic) bond motifs is 1. The molecule has 1 atom stereocenters. The second-order valence-corrected chi connectivity index (χ2v) is 7.77. The predicted molar refractivity (Wildman–Crippen MR) is 114 cm³/mol. The number of hydrogen-bond acceptors (Lipinski definition) is 3. The molecule has 2 amide bonds. The molecular weight excluding hydrogens is 388 g/mol. The number of benzene rings is 2. The largest absolute Gasteiger partial charge is 0.338 e. The number of anilines is 1. The molecule has 1 unspecified atom stereocenters. The number of carbonyl (C=O) groups is 2. The van der Waals surface area contributed by atoms with Gasteiger partial charge in [0.2, 0.25) is 11.8 Å². The van der Waals surface area contributed by atoms with Crippen LogP contribution in [0.25, 0.3) is 11.0 Å². The van der Waals surface area contributed by atoms with Crippen molar-refractivity contribution in [3.8, 4) is 0 Å². The number of aromatic nitrogens is 2. The van der Waals surface area contributed by atoms with Crippen LogP contribution in [0.4, 0.5) is 5.69 Å². The van der Waals surface area contributed by atoms with Crippen molar-refractivity contribution in [2.24, 2.45) is 5.92 Å². The Bertz CT molecular complexity index is 1060. The maximum Gasteiger partial charge on any atom is 0.228 e. The van der Waals surface area contributed by atoms with Crippen molar-refractivity contribution in [3.05, 3.63) is 59.4 Å². The van der Waals surface area contributed by atoms with E-state index in [2.05, 4.69) is 11.5 Å². The summed E-state index contributed by atoms with van der Waals surface area (Å²) >= 11 is 5.93. The molecule has 7 heteroatoms. The lowest BCUT2D eigenvalue weighted by molar-refractivity contribution is -0.135. The number of amides is 2. The molecule has 1 aliphatic rings. The molecule has 4 rings (SSSR count). The van der Waals surface area contributed by atoms with Crippen LogP contribution in [0.5, 0.6) is 0 Å². The summed E-state index contributed by atoms with van der Waals surface area (Å²) in [5.74, 6) is 0.412. The molecule has 0 aliphatic carbocycles. The highest BCUT2D eigenvalue weighted by atomic mass is 35.5. The lowest BCUT2D eigenvalue weighted by atomic mass is 10.1. The van der Waals surface area contributed by atoms with Crippen molar-refractivity contribution in [2.75, 3.05) is 18.5 Å². The zero-order valence-corrected chi connectivity index (χ0v) is 17.3. The Morgan fingerprint density at radius 3 is 2.66 bits per heavy atom. The number of halogens is 1. The van der Waals surface area contributed by atoms with Gasteiger partial charge in [-0.3, -0.25) is 9.59 Å². The first-order valence-electron chi connectivity index (χ1n) is 9.73. The number of nitrogens with zero attached hydrogens (tertiary/aromatic N) is 4. The van der Waals surface area contributed by atoms with Crippen molar-refractivity contribution in [1.29, 1.82) is 0 Å². The fourth-order valence-corrected chi connectivity index (χ4v) is 4.07. The predicted octanol–water partition coefficient (Wildman–Crippen LogP) is 3.72. The first-order chi connectivity index (χ1) is 14.0. The van der Waals surface area contributed by atoms with E-state index < -0.39 is 0 Å². The summed E-state index contributed by atoms with van der Waals surface area (Å²) in [7, 11) is 1.77. The first-order valence-corrected chi connectivity index (χ1v) is 10.1. The fourth-order valence-electron chi connectivity index (χ4n) is 3.94. The van der Waals surface area contributed by atoms with Crippen LogP contribution >= 0.6 is 11.6 Å². The Morgan fingerprint density at radius 1 is 1.21 bits per heavy atom. The van der Waals surface area contributed by atoms with Crippen LogP contribution < -0.4 is 4.90 Å². The average Bonchev–Trinajstić information content (AvgIpc) is 3.27. The third kappa shape index (κ3) is 3.72. The number of imidazole rings is 1. The average molecular weight is 411 g/mol. The quantitative estimate of drug-likeness (QED) is 0.644. The lowest BCUT2D eigenvalue weighted by Gasteiger charge is -2.21. The monoisotopic (exact) mass is 410 g/mol. The molecule has 1 fully saturated rings. The van der Waals surface area contributed by atoms with Crippen molar-refractivity contribution in [2.45, 2.75) is 26.4 Å². The molecule has 2 aromatic carbocycles. The minimum absolute atomic E-state index is 0.0375. The van der Waals surface area contributed by atoms with Crippen LogP contribution in [0.2, 0.25) is 5.02 Å². The molecule has 0 radical (unpaired) electrons. The van der Waals surface area contributed by atoms with E-state index >= 15 is 0 Å². The maximum absolute atomic E-state index is 13.0. The Kier molecular flexibility index (Phi) is 5.28. The van der Waals surface area contributed by atoms with Gasteiger partial charge in [-0.15, -0.1) is 0 Å². The molecule has 1 aliphatic heterocycles. The lowest BCUT2D eigenvalue weighted by Crippen LogP contribution is -2.35. The number of para-hydroxylation sites is 2. The van der Waals surface area contributed by atoms with E-state index in [9.17, 15) is 9.59 Å². The molecule has 1 aromatic heterocycles. The highest BCUT2D eigenvalue weighted by molar-refractivity contribution is 6.30. The van der Waals surface area contributed by atoms with Gasteiger partial charge in [0.25, 0.3) is 0 Å². The van der Waals surface area contributed by atoms with Gasteiger partial charge >= 0.3 is 0 Å². The van der Waals surface area contributed by atoms with Gasteiger partial charge in [0.15, 0.2) is 0 Å². The van der Waals surface area contributed by atoms with E-state index in [0.717, 1.165) is 29.1 Å². The standard InChI is InChI=1S/C22H23ClN4O2/c1-3-26-19-7-5-4-6-18(19)24-20(26)14-25(2)22(29)15-12-21(28)27(13-15)17-10-8-16(23)9-11-17/h4-11,15H,3,12-14H2,1-2H3. The smallest absolute Gasteiger partial charge is 0.228 e. The molecule has 2 heterocycles. The maximum atomic E-state index is 13.0. The molecular formula is C22H23ClN4O2. The Labute approximate surface area is 174 Å². The zero-order valence-electron chi connectivity index (χ0n) is 16.5. The van der Waals surface area contributed by atoms with E-state index in [-0.39, 0.29) is 24.2 Å². The second kappa shape index (κ2) is 7.87. The summed E-state index contributed by atoms with van der Waals surface area (Å²) in [4.78, 5) is 33.5. The van der Waals surface area contributed by atoms with E-state index in [1.54, 1.807) is 41.1 Å². The first kappa shape index (κ1) is 19.5. The fraction of sp³-hybridized carbons (Fsp3) is 0.318. The summed E-state index contributed by atoms with van der Waals surface area (Å²) in [6, 6.07) is 15.1. The highest BCUT2D eigenvalue weighted by Gasteiger charge is 2.36. The topological polar surface area (TPSA) is 58.4 Å². The van der Waals surface area contributed by atoms with Crippen LogP contribution in [0.15, 0.2) is 48.5 Å². The molecule has 3 aromatic rings. The number of rotatable bonds is 5. The number of aryl methyl sites for hydroxylation is 1. The molecule has 0 saturated carbocycles. The van der Waals surface area contributed by atoms with Crippen LogP contribution in [-0.2, 0) is 22.7 Å². The molecule has 1 saturated heterocycles.